The summed E-state index contributed by atoms with van der Waals surface area (Å²) in [7, 11) is 2.00. The molecule has 3 heteroatoms. The Labute approximate surface area is 60.6 Å². The minimum atomic E-state index is 0.269. The van der Waals surface area contributed by atoms with E-state index in [-0.39, 0.29) is 5.54 Å². The highest BCUT2D eigenvalue weighted by Crippen LogP contribution is 2.26. The molecule has 0 aromatic heterocycles. The second kappa shape index (κ2) is 2.90. The van der Waals surface area contributed by atoms with Gasteiger partial charge in [-0.05, 0) is 19.2 Å². The van der Waals surface area contributed by atoms with Crippen LogP contribution in [0, 0.1) is 0 Å². The minimum absolute atomic E-state index is 0.269. The van der Waals surface area contributed by atoms with Crippen LogP contribution >= 0.6 is 11.8 Å². The molecule has 1 fully saturated rings. The van der Waals surface area contributed by atoms with E-state index in [4.69, 9.17) is 5.73 Å². The zero-order valence-electron chi connectivity index (χ0n) is 5.81. The van der Waals surface area contributed by atoms with Crippen molar-refractivity contribution < 1.29 is 0 Å². The number of rotatable bonds is 2. The van der Waals surface area contributed by atoms with Gasteiger partial charge in [0.1, 0.15) is 0 Å². The van der Waals surface area contributed by atoms with Crippen molar-refractivity contribution >= 4 is 11.8 Å². The minimum Gasteiger partial charge on any atom is -0.329 e. The van der Waals surface area contributed by atoms with Gasteiger partial charge in [-0.15, -0.1) is 0 Å². The van der Waals surface area contributed by atoms with Crippen molar-refractivity contribution in [2.24, 2.45) is 5.73 Å². The topological polar surface area (TPSA) is 38.0 Å². The van der Waals surface area contributed by atoms with E-state index in [0.29, 0.717) is 0 Å². The zero-order chi connectivity index (χ0) is 6.74. The second-order valence-corrected chi connectivity index (χ2v) is 3.64. The van der Waals surface area contributed by atoms with Crippen molar-refractivity contribution in [3.63, 3.8) is 0 Å². The smallest absolute Gasteiger partial charge is 0.0400 e. The number of likely N-dealkylation sites (N-methyl/N-ethyl adjacent to an activating group) is 1. The summed E-state index contributed by atoms with van der Waals surface area (Å²) in [5.74, 6) is 2.44. The monoisotopic (exact) mass is 146 g/mol. The SMILES string of the molecule is CNC1(CN)CCSC1. The lowest BCUT2D eigenvalue weighted by Crippen LogP contribution is -2.49. The molecule has 0 saturated carbocycles. The number of nitrogens with one attached hydrogen (secondary N) is 1. The molecule has 54 valence electrons. The molecule has 0 aromatic rings. The molecular formula is C6H14N2S. The lowest BCUT2D eigenvalue weighted by molar-refractivity contribution is 0.406. The fourth-order valence-electron chi connectivity index (χ4n) is 1.07. The summed E-state index contributed by atoms with van der Waals surface area (Å²) in [5.41, 5.74) is 5.87. The van der Waals surface area contributed by atoms with Crippen LogP contribution in [0.25, 0.3) is 0 Å². The van der Waals surface area contributed by atoms with Crippen molar-refractivity contribution in [1.82, 2.24) is 5.32 Å². The molecule has 0 radical (unpaired) electrons. The zero-order valence-corrected chi connectivity index (χ0v) is 6.63. The standard InChI is InChI=1S/C6H14N2S/c1-8-6(4-7)2-3-9-5-6/h8H,2-5,7H2,1H3. The van der Waals surface area contributed by atoms with Crippen molar-refractivity contribution in [2.45, 2.75) is 12.0 Å². The quantitative estimate of drug-likeness (QED) is 0.577. The lowest BCUT2D eigenvalue weighted by atomic mass is 10.0. The number of hydrogen-bond donors (Lipinski definition) is 2. The molecule has 0 bridgehead atoms. The highest BCUT2D eigenvalue weighted by Gasteiger charge is 2.30. The summed E-state index contributed by atoms with van der Waals surface area (Å²) in [6, 6.07) is 0. The Bertz CT molecular complexity index is 83.1. The summed E-state index contributed by atoms with van der Waals surface area (Å²) >= 11 is 1.99. The molecule has 2 nitrogen and oxygen atoms in total. The van der Waals surface area contributed by atoms with Crippen LogP contribution in [0.5, 0.6) is 0 Å². The number of hydrogen-bond acceptors (Lipinski definition) is 3. The fourth-order valence-corrected chi connectivity index (χ4v) is 2.54. The third kappa shape index (κ3) is 1.39. The van der Waals surface area contributed by atoms with E-state index in [0.717, 1.165) is 6.54 Å². The third-order valence-corrected chi connectivity index (χ3v) is 3.27. The molecule has 1 unspecified atom stereocenters. The summed E-state index contributed by atoms with van der Waals surface area (Å²) in [6.07, 6.45) is 1.23. The Balaban J connectivity index is 2.45. The van der Waals surface area contributed by atoms with Crippen LogP contribution in [0.3, 0.4) is 0 Å². The summed E-state index contributed by atoms with van der Waals surface area (Å²) < 4.78 is 0. The van der Waals surface area contributed by atoms with E-state index in [1.54, 1.807) is 0 Å². The maximum Gasteiger partial charge on any atom is 0.0400 e. The van der Waals surface area contributed by atoms with Gasteiger partial charge in [0.2, 0.25) is 0 Å². The van der Waals surface area contributed by atoms with E-state index in [9.17, 15) is 0 Å². The van der Waals surface area contributed by atoms with Gasteiger partial charge >= 0.3 is 0 Å². The Morgan fingerprint density at radius 1 is 1.78 bits per heavy atom. The molecule has 1 heterocycles. The van der Waals surface area contributed by atoms with Crippen LogP contribution in [0.15, 0.2) is 0 Å². The first kappa shape index (κ1) is 7.38. The van der Waals surface area contributed by atoms with Crippen LogP contribution < -0.4 is 11.1 Å². The molecule has 1 rings (SSSR count). The van der Waals surface area contributed by atoms with Gasteiger partial charge in [-0.3, -0.25) is 0 Å². The van der Waals surface area contributed by atoms with E-state index < -0.39 is 0 Å². The second-order valence-electron chi connectivity index (χ2n) is 2.54. The Morgan fingerprint density at radius 2 is 2.56 bits per heavy atom. The Hall–Kier alpha value is 0.270. The van der Waals surface area contributed by atoms with Crippen molar-refractivity contribution in [3.05, 3.63) is 0 Å². The Morgan fingerprint density at radius 3 is 2.78 bits per heavy atom. The normalized spacial score (nSPS) is 35.3. The van der Waals surface area contributed by atoms with Gasteiger partial charge in [-0.25, -0.2) is 0 Å². The average molecular weight is 146 g/mol. The average Bonchev–Trinajstić information content (AvgIpc) is 2.36. The van der Waals surface area contributed by atoms with Crippen LogP contribution in [0.2, 0.25) is 0 Å². The molecule has 0 spiro atoms. The third-order valence-electron chi connectivity index (χ3n) is 2.02. The molecule has 0 amide bonds. The molecule has 9 heavy (non-hydrogen) atoms. The van der Waals surface area contributed by atoms with Gasteiger partial charge in [-0.2, -0.15) is 11.8 Å². The van der Waals surface area contributed by atoms with Gasteiger partial charge in [0, 0.05) is 17.8 Å². The van der Waals surface area contributed by atoms with E-state index >= 15 is 0 Å². The van der Waals surface area contributed by atoms with E-state index in [1.165, 1.54) is 17.9 Å². The van der Waals surface area contributed by atoms with Crippen LogP contribution in [0.4, 0.5) is 0 Å². The molecule has 1 aliphatic rings. The van der Waals surface area contributed by atoms with Crippen LogP contribution in [-0.4, -0.2) is 30.6 Å². The maximum absolute atomic E-state index is 5.60. The molecular weight excluding hydrogens is 132 g/mol. The van der Waals surface area contributed by atoms with Gasteiger partial charge in [0.15, 0.2) is 0 Å². The van der Waals surface area contributed by atoms with E-state index in [1.807, 2.05) is 18.8 Å². The Kier molecular flexibility index (Phi) is 2.38. The van der Waals surface area contributed by atoms with Gasteiger partial charge in [0.05, 0.1) is 0 Å². The predicted octanol–water partition coefficient (Wildman–Crippen LogP) is 0.0402. The largest absolute Gasteiger partial charge is 0.329 e. The highest BCUT2D eigenvalue weighted by atomic mass is 32.2. The van der Waals surface area contributed by atoms with Crippen LogP contribution in [-0.2, 0) is 0 Å². The van der Waals surface area contributed by atoms with Crippen molar-refractivity contribution in [2.75, 3.05) is 25.1 Å². The van der Waals surface area contributed by atoms with Crippen molar-refractivity contribution in [1.29, 1.82) is 0 Å². The van der Waals surface area contributed by atoms with Gasteiger partial charge in [0.25, 0.3) is 0 Å². The van der Waals surface area contributed by atoms with Crippen LogP contribution in [0.1, 0.15) is 6.42 Å². The lowest BCUT2D eigenvalue weighted by Gasteiger charge is -2.25. The number of thioether (sulfide) groups is 1. The molecule has 1 atom stereocenters. The molecule has 0 aromatic carbocycles. The molecule has 0 aliphatic carbocycles. The number of nitrogens with two attached hydrogens (primary N) is 1. The predicted molar refractivity (Wildman–Crippen MR) is 42.8 cm³/mol. The molecule has 3 N–H and O–H groups in total. The first-order valence-corrected chi connectivity index (χ1v) is 4.45. The highest BCUT2D eigenvalue weighted by molar-refractivity contribution is 7.99. The maximum atomic E-state index is 5.60. The first-order chi connectivity index (χ1) is 4.33. The van der Waals surface area contributed by atoms with E-state index in [2.05, 4.69) is 5.32 Å². The molecule has 1 aliphatic heterocycles. The van der Waals surface area contributed by atoms with Gasteiger partial charge < -0.3 is 11.1 Å². The summed E-state index contributed by atoms with van der Waals surface area (Å²) in [5, 5.41) is 3.28. The fraction of sp³-hybridized carbons (Fsp3) is 1.00. The first-order valence-electron chi connectivity index (χ1n) is 3.30. The summed E-state index contributed by atoms with van der Waals surface area (Å²) in [4.78, 5) is 0. The summed E-state index contributed by atoms with van der Waals surface area (Å²) in [6.45, 7) is 0.774. The van der Waals surface area contributed by atoms with Gasteiger partial charge in [-0.1, -0.05) is 0 Å². The molecule has 1 saturated heterocycles. The van der Waals surface area contributed by atoms with Crippen molar-refractivity contribution in [3.8, 4) is 0 Å².